The number of aliphatic hydroxyl groups is 1. The normalized spacial score (nSPS) is 13.4. The van der Waals surface area contributed by atoms with Crippen molar-refractivity contribution >= 4 is 11.9 Å². The molecule has 1 unspecified atom stereocenters. The predicted octanol–water partition coefficient (Wildman–Crippen LogP) is 4.60. The molecule has 0 radical (unpaired) electrons. The van der Waals surface area contributed by atoms with Crippen LogP contribution >= 0.6 is 0 Å². The van der Waals surface area contributed by atoms with Gasteiger partial charge in [0.1, 0.15) is 6.61 Å². The van der Waals surface area contributed by atoms with Crippen LogP contribution in [-0.2, 0) is 19.1 Å². The molecule has 0 heterocycles. The van der Waals surface area contributed by atoms with Crippen molar-refractivity contribution in [1.29, 1.82) is 0 Å². The zero-order chi connectivity index (χ0) is 20.9. The average molecular weight is 391 g/mol. The van der Waals surface area contributed by atoms with E-state index in [-0.39, 0.29) is 19.6 Å². The van der Waals surface area contributed by atoms with E-state index in [1.165, 1.54) is 6.92 Å². The summed E-state index contributed by atoms with van der Waals surface area (Å²) in [5, 5.41) is 9.08. The fraction of sp³-hybridized carbons (Fsp3) is 0.478. The van der Waals surface area contributed by atoms with Crippen LogP contribution in [0.3, 0.4) is 0 Å². The van der Waals surface area contributed by atoms with Gasteiger partial charge in [0.25, 0.3) is 0 Å². The second kappa shape index (κ2) is 19.4. The maximum absolute atomic E-state index is 11.6. The number of hydrogen-bond acceptors (Lipinski definition) is 5. The first-order valence-electron chi connectivity index (χ1n) is 9.78. The van der Waals surface area contributed by atoms with Crippen LogP contribution in [0.2, 0.25) is 0 Å². The van der Waals surface area contributed by atoms with Crippen molar-refractivity contribution in [2.24, 2.45) is 0 Å². The Balaban J connectivity index is 3.79. The molecule has 0 aliphatic rings. The van der Waals surface area contributed by atoms with Gasteiger partial charge in [0, 0.05) is 6.92 Å². The summed E-state index contributed by atoms with van der Waals surface area (Å²) in [6.45, 7) is 2.87. The van der Waals surface area contributed by atoms with Gasteiger partial charge in [0.05, 0.1) is 13.0 Å². The van der Waals surface area contributed by atoms with Gasteiger partial charge in [-0.1, -0.05) is 67.7 Å². The number of rotatable bonds is 15. The molecule has 0 aromatic heterocycles. The fourth-order valence-electron chi connectivity index (χ4n) is 2.00. The first-order chi connectivity index (χ1) is 13.6. The molecule has 156 valence electrons. The zero-order valence-corrected chi connectivity index (χ0v) is 17.1. The molecule has 0 aromatic rings. The fourth-order valence-corrected chi connectivity index (χ4v) is 2.00. The van der Waals surface area contributed by atoms with Crippen molar-refractivity contribution in [2.45, 2.75) is 58.5 Å². The number of hydrogen-bond donors (Lipinski definition) is 1. The molecule has 0 spiro atoms. The van der Waals surface area contributed by atoms with E-state index in [0.29, 0.717) is 0 Å². The topological polar surface area (TPSA) is 72.8 Å². The van der Waals surface area contributed by atoms with E-state index >= 15 is 0 Å². The maximum atomic E-state index is 11.6. The third kappa shape index (κ3) is 18.4. The molecule has 0 aliphatic carbocycles. The molecule has 0 aliphatic heterocycles. The molecule has 1 atom stereocenters. The minimum absolute atomic E-state index is 0.115. The number of allylic oxidation sites excluding steroid dienone is 9. The second-order valence-electron chi connectivity index (χ2n) is 6.01. The molecule has 5 heteroatoms. The summed E-state index contributed by atoms with van der Waals surface area (Å²) in [6.07, 6.45) is 24.6. The highest BCUT2D eigenvalue weighted by molar-refractivity contribution is 5.71. The Kier molecular flexibility index (Phi) is 17.7. The summed E-state index contributed by atoms with van der Waals surface area (Å²) < 4.78 is 9.73. The summed E-state index contributed by atoms with van der Waals surface area (Å²) in [4.78, 5) is 22.3. The molecule has 1 N–H and O–H groups in total. The van der Waals surface area contributed by atoms with Crippen LogP contribution in [0, 0.1) is 0 Å². The van der Waals surface area contributed by atoms with E-state index in [0.717, 1.165) is 32.1 Å². The monoisotopic (exact) mass is 390 g/mol. The molecule has 0 saturated heterocycles. The Labute approximate surface area is 169 Å². The summed E-state index contributed by atoms with van der Waals surface area (Å²) in [7, 11) is 0. The summed E-state index contributed by atoms with van der Waals surface area (Å²) in [5.74, 6) is -0.945. The highest BCUT2D eigenvalue weighted by Gasteiger charge is 2.13. The minimum atomic E-state index is -0.820. The van der Waals surface area contributed by atoms with Crippen molar-refractivity contribution in [3.63, 3.8) is 0 Å². The van der Waals surface area contributed by atoms with Crippen LogP contribution < -0.4 is 0 Å². The van der Waals surface area contributed by atoms with Gasteiger partial charge in [0.2, 0.25) is 0 Å². The molecule has 0 bridgehead atoms. The lowest BCUT2D eigenvalue weighted by molar-refractivity contribution is -0.159. The first kappa shape index (κ1) is 25.6. The molecular weight excluding hydrogens is 356 g/mol. The van der Waals surface area contributed by atoms with Crippen molar-refractivity contribution in [1.82, 2.24) is 0 Å². The van der Waals surface area contributed by atoms with E-state index in [2.05, 4.69) is 49.5 Å². The van der Waals surface area contributed by atoms with E-state index in [4.69, 9.17) is 14.6 Å². The molecule has 28 heavy (non-hydrogen) atoms. The molecule has 0 aromatic carbocycles. The maximum Gasteiger partial charge on any atom is 0.310 e. The first-order valence-corrected chi connectivity index (χ1v) is 9.78. The quantitative estimate of drug-likeness (QED) is 0.327. The summed E-state index contributed by atoms with van der Waals surface area (Å²) >= 11 is 0. The second-order valence-corrected chi connectivity index (χ2v) is 6.01. The van der Waals surface area contributed by atoms with Gasteiger partial charge in [-0.2, -0.15) is 0 Å². The SMILES string of the molecule is CC/C=C\C/C=C\C/C=C\C/C=C\C/C=C\CC(=O)OC(CO)COC(C)=O. The van der Waals surface area contributed by atoms with Crippen molar-refractivity contribution < 1.29 is 24.2 Å². The summed E-state index contributed by atoms with van der Waals surface area (Å²) in [5.41, 5.74) is 0. The average Bonchev–Trinajstić information content (AvgIpc) is 2.68. The zero-order valence-electron chi connectivity index (χ0n) is 17.1. The number of carbonyl (C=O) groups is 2. The lowest BCUT2D eigenvalue weighted by Gasteiger charge is -2.14. The Hall–Kier alpha value is -2.40. The van der Waals surface area contributed by atoms with Crippen LogP contribution in [0.4, 0.5) is 0 Å². The molecule has 0 saturated carbocycles. The highest BCUT2D eigenvalue weighted by atomic mass is 16.6. The predicted molar refractivity (Wildman–Crippen MR) is 113 cm³/mol. The number of esters is 2. The van der Waals surface area contributed by atoms with Gasteiger partial charge < -0.3 is 14.6 Å². The van der Waals surface area contributed by atoms with E-state index in [9.17, 15) is 9.59 Å². The van der Waals surface area contributed by atoms with E-state index in [1.54, 1.807) is 6.08 Å². The standard InChI is InChI=1S/C23H34O5/c1-3-4-5-6-7-8-9-10-11-12-13-14-15-16-17-18-23(26)28-22(19-24)20-27-21(2)25/h4-5,7-8,10-11,13-14,16-17,22,24H,3,6,9,12,15,18-20H2,1-2H3/b5-4-,8-7-,11-10-,14-13-,17-16-. The van der Waals surface area contributed by atoms with Gasteiger partial charge >= 0.3 is 11.9 Å². The number of carbonyl (C=O) groups excluding carboxylic acids is 2. The molecule has 5 nitrogen and oxygen atoms in total. The van der Waals surface area contributed by atoms with Crippen LogP contribution in [0.1, 0.15) is 52.4 Å². The largest absolute Gasteiger partial charge is 0.462 e. The lowest BCUT2D eigenvalue weighted by atomic mass is 10.2. The van der Waals surface area contributed by atoms with Gasteiger partial charge in [-0.15, -0.1) is 0 Å². The van der Waals surface area contributed by atoms with Crippen LogP contribution in [0.5, 0.6) is 0 Å². The van der Waals surface area contributed by atoms with Gasteiger partial charge in [-0.3, -0.25) is 9.59 Å². The van der Waals surface area contributed by atoms with Crippen molar-refractivity contribution in [3.05, 3.63) is 60.8 Å². The van der Waals surface area contributed by atoms with Crippen LogP contribution in [0.25, 0.3) is 0 Å². The number of ether oxygens (including phenoxy) is 2. The van der Waals surface area contributed by atoms with Gasteiger partial charge in [-0.25, -0.2) is 0 Å². The third-order valence-electron chi connectivity index (χ3n) is 3.42. The van der Waals surface area contributed by atoms with Crippen LogP contribution in [0.15, 0.2) is 60.8 Å². The lowest BCUT2D eigenvalue weighted by Crippen LogP contribution is -2.27. The van der Waals surface area contributed by atoms with Crippen molar-refractivity contribution in [3.8, 4) is 0 Å². The van der Waals surface area contributed by atoms with Crippen LogP contribution in [-0.4, -0.2) is 36.4 Å². The van der Waals surface area contributed by atoms with Crippen molar-refractivity contribution in [2.75, 3.05) is 13.2 Å². The van der Waals surface area contributed by atoms with Gasteiger partial charge in [0.15, 0.2) is 6.10 Å². The minimum Gasteiger partial charge on any atom is -0.462 e. The number of aliphatic hydroxyl groups excluding tert-OH is 1. The molecule has 0 amide bonds. The Morgan fingerprint density at radius 2 is 1.29 bits per heavy atom. The smallest absolute Gasteiger partial charge is 0.310 e. The highest BCUT2D eigenvalue weighted by Crippen LogP contribution is 2.00. The van der Waals surface area contributed by atoms with E-state index in [1.807, 2.05) is 12.2 Å². The Morgan fingerprint density at radius 3 is 1.71 bits per heavy atom. The summed E-state index contributed by atoms with van der Waals surface area (Å²) in [6, 6.07) is 0. The Bertz CT molecular complexity index is 555. The Morgan fingerprint density at radius 1 is 0.821 bits per heavy atom. The molecular formula is C23H34O5. The molecule has 0 rings (SSSR count). The third-order valence-corrected chi connectivity index (χ3v) is 3.42. The molecule has 0 fully saturated rings. The van der Waals surface area contributed by atoms with E-state index < -0.39 is 18.0 Å². The van der Waals surface area contributed by atoms with Gasteiger partial charge in [-0.05, 0) is 32.1 Å².